The number of fused-ring (bicyclic) bond motifs is 14. The SMILES string of the molecule is C=C(C)[C@@H]1CC[C@]2(C(=O)N[C@@H]3C[C@H](C(=O)N4CCCCC4)C3(C)C)CC[C@]3(C)C(CCC4[C@@]5(C)CC[C@H](OC(=O)CC(C)(C)C(=O)[O-])C(C)(C)C5CC[C@]43C)C12.C=C(C)[C@@H]1CC[C@]2(C(=O)N[C@@H]3C[C@H](C(=O)N4CCCCC4)C3(C)C)CC[C@]3(C)C(CCC4[C@@]5(C)CC[C@H](OC(=O)CC(C)(C)C(=O)[O-])C(C)(C)C5CC[C@]43C)C12.[Ca+2]. The van der Waals surface area contributed by atoms with E-state index in [0.29, 0.717) is 47.3 Å². The molecule has 12 saturated carbocycles. The second-order valence-electron chi connectivity index (χ2n) is 46.1. The number of carboxylic acids is 2. The zero-order chi connectivity index (χ0) is 82.0. The van der Waals surface area contributed by atoms with Crippen molar-refractivity contribution in [1.82, 2.24) is 20.4 Å². The number of carbonyl (C=O) groups excluding carboxylic acids is 8. The Kier molecular flexibility index (Phi) is 24.0. The van der Waals surface area contributed by atoms with E-state index in [2.05, 4.69) is 144 Å². The third-order valence-electron chi connectivity index (χ3n) is 38.8. The Morgan fingerprint density at radius 1 is 0.407 bits per heavy atom. The number of rotatable bonds is 16. The number of ether oxygens (including phenoxy) is 2. The first kappa shape index (κ1) is 88.8. The number of carbonyl (C=O) groups is 8. The van der Waals surface area contributed by atoms with Gasteiger partial charge in [0.25, 0.3) is 0 Å². The van der Waals surface area contributed by atoms with Crippen molar-refractivity contribution >= 4 is 85.2 Å². The Morgan fingerprint density at radius 3 is 1.05 bits per heavy atom. The number of hydrogen-bond acceptors (Lipinski definition) is 12. The fourth-order valence-corrected chi connectivity index (χ4v) is 31.2. The van der Waals surface area contributed by atoms with Gasteiger partial charge in [0.2, 0.25) is 23.6 Å². The maximum absolute atomic E-state index is 15.0. The second kappa shape index (κ2) is 30.6. The molecule has 24 atom stereocenters. The third-order valence-corrected chi connectivity index (χ3v) is 38.8. The van der Waals surface area contributed by atoms with Crippen LogP contribution < -0.4 is 20.8 Å². The van der Waals surface area contributed by atoms with E-state index in [4.69, 9.17) is 9.47 Å². The molecule has 14 fully saturated rings. The minimum atomic E-state index is -1.27. The van der Waals surface area contributed by atoms with Crippen molar-refractivity contribution in [3.8, 4) is 0 Å². The van der Waals surface area contributed by atoms with Crippen LogP contribution in [0.4, 0.5) is 0 Å². The van der Waals surface area contributed by atoms with Gasteiger partial charge < -0.3 is 49.7 Å². The van der Waals surface area contributed by atoms with Crippen LogP contribution in [0.1, 0.15) is 331 Å². The van der Waals surface area contributed by atoms with E-state index in [0.717, 1.165) is 193 Å². The van der Waals surface area contributed by atoms with E-state index >= 15 is 9.59 Å². The molecule has 14 rings (SSSR count). The summed E-state index contributed by atoms with van der Waals surface area (Å²) >= 11 is 0. The quantitative estimate of drug-likeness (QED) is 0.0835. The maximum Gasteiger partial charge on any atom is 2.00 e. The maximum atomic E-state index is 15.0. The van der Waals surface area contributed by atoms with Gasteiger partial charge in [0.05, 0.1) is 23.7 Å². The Balaban J connectivity index is 0.000000208. The molecule has 0 spiro atoms. The topological polar surface area (TPSA) is 232 Å². The molecule has 17 heteroatoms. The van der Waals surface area contributed by atoms with Crippen LogP contribution in [0, 0.1) is 147 Å². The standard InChI is InChI=1S/2C48H76N2O6.Ca/c2*1-29(2)30-17-22-48(40(53)49-35-27-32(43(35,5)6)39(52)50-25-13-12-14-26-50)24-23-46(10)31(38(30)48)15-16-34-45(9)20-19-36(56-37(51)28-42(3,4)41(54)55)44(7,8)33(45)18-21-47(34,46)11;/h2*30-36,38H,1,12-28H2,2-11H3,(H,49,53)(H,54,55);/q;;+2/p-2/t2*30-,31?,32+,33?,34?,35+,36-,38?,45-,46+,47+,48-;/m00./s1. The molecule has 0 aromatic rings. The van der Waals surface area contributed by atoms with Crippen LogP contribution in [0.15, 0.2) is 24.3 Å². The zero-order valence-corrected chi connectivity index (χ0v) is 76.4. The van der Waals surface area contributed by atoms with Crippen molar-refractivity contribution in [3.63, 3.8) is 0 Å². The summed E-state index contributed by atoms with van der Waals surface area (Å²) in [6.07, 6.45) is 27.8. The van der Waals surface area contributed by atoms with Gasteiger partial charge >= 0.3 is 49.7 Å². The Labute approximate surface area is 711 Å². The normalized spacial score (nSPS) is 43.4. The molecule has 12 aliphatic carbocycles. The van der Waals surface area contributed by atoms with Gasteiger partial charge in [0.15, 0.2) is 0 Å². The monoisotopic (exact) mass is 1590 g/mol. The van der Waals surface area contributed by atoms with E-state index in [1.54, 1.807) is 0 Å². The van der Waals surface area contributed by atoms with Gasteiger partial charge in [-0.2, -0.15) is 0 Å². The van der Waals surface area contributed by atoms with E-state index in [-0.39, 0.29) is 176 Å². The predicted octanol–water partition coefficient (Wildman–Crippen LogP) is 16.1. The van der Waals surface area contributed by atoms with Gasteiger partial charge in [-0.05, 0) is 296 Å². The molecule has 2 saturated heterocycles. The molecule has 2 heterocycles. The first-order chi connectivity index (χ1) is 51.9. The smallest absolute Gasteiger partial charge is 0.550 e. The van der Waals surface area contributed by atoms with Gasteiger partial charge in [-0.15, -0.1) is 0 Å². The summed E-state index contributed by atoms with van der Waals surface area (Å²) in [6, 6.07) is 0.0331. The summed E-state index contributed by atoms with van der Waals surface area (Å²) in [5, 5.41) is 30.6. The number of likely N-dealkylation sites (tertiary alicyclic amines) is 2. The van der Waals surface area contributed by atoms with Crippen LogP contribution in [-0.4, -0.2) is 146 Å². The number of esters is 2. The fourth-order valence-electron chi connectivity index (χ4n) is 31.2. The minimum Gasteiger partial charge on any atom is -0.550 e. The number of carboxylic acid groups (broad SMARTS) is 2. The first-order valence-corrected chi connectivity index (χ1v) is 45.3. The third kappa shape index (κ3) is 14.0. The van der Waals surface area contributed by atoms with Crippen LogP contribution in [0.2, 0.25) is 0 Å². The van der Waals surface area contributed by atoms with Crippen LogP contribution in [0.5, 0.6) is 0 Å². The molecular weight excluding hydrogens is 1440 g/mol. The molecule has 628 valence electrons. The van der Waals surface area contributed by atoms with Gasteiger partial charge in [-0.3, -0.25) is 28.8 Å². The number of piperidine rings is 2. The first-order valence-electron chi connectivity index (χ1n) is 45.3. The van der Waals surface area contributed by atoms with Crippen molar-refractivity contribution in [2.75, 3.05) is 26.2 Å². The number of nitrogens with one attached hydrogen (secondary N) is 2. The Morgan fingerprint density at radius 2 is 0.743 bits per heavy atom. The Bertz CT molecular complexity index is 3500. The molecule has 0 bridgehead atoms. The number of aliphatic carboxylic acids is 2. The van der Waals surface area contributed by atoms with Crippen LogP contribution >= 0.6 is 0 Å². The van der Waals surface area contributed by atoms with Gasteiger partial charge in [-0.25, -0.2) is 0 Å². The molecule has 0 aromatic heterocycles. The van der Waals surface area contributed by atoms with E-state index in [1.165, 1.54) is 51.7 Å². The van der Waals surface area contributed by atoms with Crippen molar-refractivity contribution in [2.45, 2.75) is 355 Å². The number of nitrogens with zero attached hydrogens (tertiary/aromatic N) is 2. The van der Waals surface area contributed by atoms with E-state index < -0.39 is 45.5 Å². The summed E-state index contributed by atoms with van der Waals surface area (Å²) in [7, 11) is 0. The summed E-state index contributed by atoms with van der Waals surface area (Å²) in [6.45, 7) is 56.5. The average molecular weight is 1590 g/mol. The largest absolute Gasteiger partial charge is 2.00 e. The van der Waals surface area contributed by atoms with Gasteiger partial charge in [0.1, 0.15) is 12.2 Å². The molecule has 16 nitrogen and oxygen atoms in total. The number of amides is 4. The van der Waals surface area contributed by atoms with Gasteiger partial charge in [0, 0.05) is 83.7 Å². The Hall–Kier alpha value is -3.50. The second-order valence-corrected chi connectivity index (χ2v) is 46.1. The van der Waals surface area contributed by atoms with E-state index in [9.17, 15) is 39.0 Å². The number of allylic oxidation sites excluding steroid dienone is 2. The predicted molar refractivity (Wildman–Crippen MR) is 439 cm³/mol. The van der Waals surface area contributed by atoms with Crippen molar-refractivity contribution in [1.29, 1.82) is 0 Å². The molecule has 14 aliphatic rings. The molecular formula is C96H150CaN4O12. The molecule has 4 amide bonds. The summed E-state index contributed by atoms with van der Waals surface area (Å²) in [5.74, 6) is 1.58. The summed E-state index contributed by atoms with van der Waals surface area (Å²) < 4.78 is 12.3. The average Bonchev–Trinajstić information content (AvgIpc) is 1.55. The summed E-state index contributed by atoms with van der Waals surface area (Å²) in [4.78, 5) is 111. The zero-order valence-electron chi connectivity index (χ0n) is 74.2. The van der Waals surface area contributed by atoms with Gasteiger partial charge in [-0.1, -0.05) is 149 Å². The summed E-state index contributed by atoms with van der Waals surface area (Å²) in [5.41, 5.74) is -1.30. The number of hydrogen-bond donors (Lipinski definition) is 2. The molecule has 2 N–H and O–H groups in total. The molecule has 0 radical (unpaired) electrons. The molecule has 8 unspecified atom stereocenters. The van der Waals surface area contributed by atoms with Crippen LogP contribution in [0.3, 0.4) is 0 Å². The molecule has 113 heavy (non-hydrogen) atoms. The molecule has 2 aliphatic heterocycles. The van der Waals surface area contributed by atoms with Crippen LogP contribution in [0.25, 0.3) is 0 Å². The van der Waals surface area contributed by atoms with E-state index in [1.807, 2.05) is 0 Å². The fraction of sp³-hybridized carbons (Fsp3) is 0.875. The van der Waals surface area contributed by atoms with Crippen molar-refractivity contribution < 1.29 is 58.0 Å². The van der Waals surface area contributed by atoms with Crippen molar-refractivity contribution in [2.24, 2.45) is 147 Å². The van der Waals surface area contributed by atoms with Crippen molar-refractivity contribution in [3.05, 3.63) is 24.3 Å². The minimum absolute atomic E-state index is 0. The van der Waals surface area contributed by atoms with Crippen LogP contribution in [-0.2, 0) is 47.8 Å². The molecule has 0 aromatic carbocycles.